The summed E-state index contributed by atoms with van der Waals surface area (Å²) in [6.45, 7) is 1.88. The van der Waals surface area contributed by atoms with Gasteiger partial charge in [0.15, 0.2) is 22.5 Å². The quantitative estimate of drug-likeness (QED) is 0.383. The lowest BCUT2D eigenvalue weighted by Crippen LogP contribution is -2.14. The molecule has 0 N–H and O–H groups in total. The van der Waals surface area contributed by atoms with Crippen LogP contribution in [0, 0.1) is 0 Å². The first kappa shape index (κ1) is 16.6. The lowest BCUT2D eigenvalue weighted by atomic mass is 10.1. The Kier molecular flexibility index (Phi) is 4.34. The molecule has 2 aromatic carbocycles. The van der Waals surface area contributed by atoms with E-state index in [2.05, 4.69) is 10.2 Å². The number of fused-ring (bicyclic) bond motifs is 1. The molecule has 0 saturated heterocycles. The van der Waals surface area contributed by atoms with E-state index in [1.165, 1.54) is 11.8 Å². The minimum absolute atomic E-state index is 0.0730. The van der Waals surface area contributed by atoms with Gasteiger partial charge in [-0.05, 0) is 19.1 Å². The molecule has 0 amide bonds. The van der Waals surface area contributed by atoms with Crippen LogP contribution in [0.2, 0.25) is 0 Å². The zero-order chi connectivity index (χ0) is 18.1. The average Bonchev–Trinajstić information content (AvgIpc) is 3.25. The van der Waals surface area contributed by atoms with Gasteiger partial charge in [0.2, 0.25) is 0 Å². The zero-order valence-electron chi connectivity index (χ0n) is 14.4. The second kappa shape index (κ2) is 6.80. The number of carbonyl (C=O) groups excluding carboxylic acids is 1. The van der Waals surface area contributed by atoms with Crippen molar-refractivity contribution in [1.29, 1.82) is 0 Å². The molecule has 0 fully saturated rings. The van der Waals surface area contributed by atoms with E-state index in [9.17, 15) is 4.79 Å². The van der Waals surface area contributed by atoms with Gasteiger partial charge in [-0.25, -0.2) is 0 Å². The Morgan fingerprint density at radius 1 is 1.08 bits per heavy atom. The summed E-state index contributed by atoms with van der Waals surface area (Å²) < 4.78 is 7.73. The third kappa shape index (κ3) is 3.04. The van der Waals surface area contributed by atoms with E-state index >= 15 is 0 Å². The Hall–Kier alpha value is -2.86. The van der Waals surface area contributed by atoms with Gasteiger partial charge in [-0.3, -0.25) is 4.79 Å². The minimum Gasteiger partial charge on any atom is -0.453 e. The van der Waals surface area contributed by atoms with Crippen molar-refractivity contribution in [1.82, 2.24) is 14.8 Å². The van der Waals surface area contributed by atoms with Crippen LogP contribution < -0.4 is 0 Å². The van der Waals surface area contributed by atoms with Crippen molar-refractivity contribution in [2.45, 2.75) is 17.3 Å². The van der Waals surface area contributed by atoms with Gasteiger partial charge in [-0.15, -0.1) is 10.2 Å². The summed E-state index contributed by atoms with van der Waals surface area (Å²) in [5.74, 6) is 1.38. The van der Waals surface area contributed by atoms with Gasteiger partial charge in [0.05, 0.1) is 5.25 Å². The number of carbonyl (C=O) groups is 1. The Balaban J connectivity index is 1.58. The van der Waals surface area contributed by atoms with Gasteiger partial charge in [-0.2, -0.15) is 0 Å². The van der Waals surface area contributed by atoms with E-state index in [4.69, 9.17) is 4.42 Å². The van der Waals surface area contributed by atoms with Crippen molar-refractivity contribution in [2.24, 2.45) is 7.05 Å². The number of aromatic nitrogens is 3. The summed E-state index contributed by atoms with van der Waals surface area (Å²) >= 11 is 1.39. The van der Waals surface area contributed by atoms with E-state index in [1.807, 2.05) is 79.2 Å². The molecule has 0 aliphatic rings. The smallest absolute Gasteiger partial charge is 0.200 e. The Morgan fingerprint density at radius 2 is 1.81 bits per heavy atom. The maximum Gasteiger partial charge on any atom is 0.200 e. The summed E-state index contributed by atoms with van der Waals surface area (Å²) in [6.07, 6.45) is 0. The van der Waals surface area contributed by atoms with E-state index in [0.717, 1.165) is 11.0 Å². The van der Waals surface area contributed by atoms with Gasteiger partial charge in [0, 0.05) is 18.0 Å². The van der Waals surface area contributed by atoms with Crippen molar-refractivity contribution >= 4 is 28.5 Å². The lowest BCUT2D eigenvalue weighted by Gasteiger charge is -2.09. The van der Waals surface area contributed by atoms with Crippen LogP contribution in [0.3, 0.4) is 0 Å². The highest BCUT2D eigenvalue weighted by atomic mass is 32.2. The van der Waals surface area contributed by atoms with Crippen molar-refractivity contribution < 1.29 is 9.21 Å². The maximum absolute atomic E-state index is 12.6. The average molecular weight is 363 g/mol. The van der Waals surface area contributed by atoms with Gasteiger partial charge < -0.3 is 8.98 Å². The molecule has 0 saturated carbocycles. The molecule has 130 valence electrons. The SMILES string of the molecule is C[C@H](Sc1nnc(-c2cc3ccccc3o2)n1C)C(=O)c1ccccc1. The number of para-hydroxylation sites is 1. The maximum atomic E-state index is 12.6. The second-order valence-corrected chi connectivity index (χ2v) is 7.31. The van der Waals surface area contributed by atoms with Crippen LogP contribution in [0.1, 0.15) is 17.3 Å². The van der Waals surface area contributed by atoms with Crippen LogP contribution in [-0.2, 0) is 7.05 Å². The van der Waals surface area contributed by atoms with Crippen LogP contribution in [0.5, 0.6) is 0 Å². The minimum atomic E-state index is -0.260. The number of ketones is 1. The summed E-state index contributed by atoms with van der Waals surface area (Å²) in [5.41, 5.74) is 1.51. The van der Waals surface area contributed by atoms with Crippen molar-refractivity contribution in [3.8, 4) is 11.6 Å². The number of Topliss-reactive ketones (excluding diaryl/α,β-unsaturated/α-hetero) is 1. The molecule has 26 heavy (non-hydrogen) atoms. The highest BCUT2D eigenvalue weighted by molar-refractivity contribution is 8.00. The van der Waals surface area contributed by atoms with Gasteiger partial charge in [-0.1, -0.05) is 60.3 Å². The number of rotatable bonds is 5. The third-order valence-electron chi connectivity index (χ3n) is 4.19. The number of furan rings is 1. The fourth-order valence-corrected chi connectivity index (χ4v) is 3.66. The second-order valence-electron chi connectivity index (χ2n) is 6.00. The zero-order valence-corrected chi connectivity index (χ0v) is 15.2. The van der Waals surface area contributed by atoms with Gasteiger partial charge >= 0.3 is 0 Å². The molecule has 0 aliphatic carbocycles. The molecular weight excluding hydrogens is 346 g/mol. The molecule has 2 aromatic heterocycles. The molecule has 0 radical (unpaired) electrons. The normalized spacial score (nSPS) is 12.4. The van der Waals surface area contributed by atoms with Crippen LogP contribution in [0.4, 0.5) is 0 Å². The highest BCUT2D eigenvalue weighted by Crippen LogP contribution is 2.30. The monoisotopic (exact) mass is 363 g/mol. The summed E-state index contributed by atoms with van der Waals surface area (Å²) in [5, 5.41) is 9.93. The first-order valence-electron chi connectivity index (χ1n) is 8.28. The molecule has 6 heteroatoms. The molecule has 0 bridgehead atoms. The lowest BCUT2D eigenvalue weighted by molar-refractivity contribution is 0.0994. The van der Waals surface area contributed by atoms with Gasteiger partial charge in [0.1, 0.15) is 5.58 Å². The molecule has 0 unspecified atom stereocenters. The molecule has 5 nitrogen and oxygen atoms in total. The first-order chi connectivity index (χ1) is 12.6. The highest BCUT2D eigenvalue weighted by Gasteiger charge is 2.21. The fourth-order valence-electron chi connectivity index (χ4n) is 2.77. The Morgan fingerprint density at radius 3 is 2.58 bits per heavy atom. The number of hydrogen-bond acceptors (Lipinski definition) is 5. The van der Waals surface area contributed by atoms with E-state index in [0.29, 0.717) is 22.3 Å². The number of nitrogens with zero attached hydrogens (tertiary/aromatic N) is 3. The molecule has 4 aromatic rings. The molecule has 0 aliphatic heterocycles. The van der Waals surface area contributed by atoms with Crippen molar-refractivity contribution in [3.05, 3.63) is 66.2 Å². The number of hydrogen-bond donors (Lipinski definition) is 0. The third-order valence-corrected chi connectivity index (χ3v) is 5.32. The largest absolute Gasteiger partial charge is 0.453 e. The van der Waals surface area contributed by atoms with Crippen molar-refractivity contribution in [3.63, 3.8) is 0 Å². The summed E-state index contributed by atoms with van der Waals surface area (Å²) in [6, 6.07) is 19.1. The molecular formula is C20H17N3O2S. The summed E-state index contributed by atoms with van der Waals surface area (Å²) in [4.78, 5) is 12.6. The summed E-state index contributed by atoms with van der Waals surface area (Å²) in [7, 11) is 1.88. The first-order valence-corrected chi connectivity index (χ1v) is 9.15. The van der Waals surface area contributed by atoms with Gasteiger partial charge in [0.25, 0.3) is 0 Å². The van der Waals surface area contributed by atoms with Crippen LogP contribution in [0.25, 0.3) is 22.6 Å². The Bertz CT molecular complexity index is 1040. The van der Waals surface area contributed by atoms with E-state index in [-0.39, 0.29) is 11.0 Å². The molecule has 0 spiro atoms. The Labute approximate surface area is 155 Å². The van der Waals surface area contributed by atoms with Crippen LogP contribution in [-0.4, -0.2) is 25.8 Å². The van der Waals surface area contributed by atoms with Crippen LogP contribution in [0.15, 0.2) is 70.2 Å². The fraction of sp³-hybridized carbons (Fsp3) is 0.150. The van der Waals surface area contributed by atoms with E-state index < -0.39 is 0 Å². The molecule has 4 rings (SSSR count). The molecule has 1 atom stereocenters. The molecule has 2 heterocycles. The topological polar surface area (TPSA) is 60.9 Å². The van der Waals surface area contributed by atoms with E-state index in [1.54, 1.807) is 0 Å². The number of benzene rings is 2. The predicted molar refractivity (Wildman–Crippen MR) is 102 cm³/mol. The van der Waals surface area contributed by atoms with Crippen LogP contribution >= 0.6 is 11.8 Å². The predicted octanol–water partition coefficient (Wildman–Crippen LogP) is 4.59. The van der Waals surface area contributed by atoms with Crippen molar-refractivity contribution in [2.75, 3.05) is 0 Å². The standard InChI is InChI=1S/C20H17N3O2S/c1-13(18(24)14-8-4-3-5-9-14)26-20-22-21-19(23(20)2)17-12-15-10-6-7-11-16(15)25-17/h3-13H,1-2H3/t13-/m0/s1. The number of thioether (sulfide) groups is 1.